The number of benzene rings is 1. The Hall–Kier alpha value is -2.72. The molecule has 1 saturated heterocycles. The van der Waals surface area contributed by atoms with E-state index in [1.54, 1.807) is 24.4 Å². The zero-order chi connectivity index (χ0) is 24.9. The molecule has 1 aromatic carbocycles. The van der Waals surface area contributed by atoms with Crippen molar-refractivity contribution in [2.24, 2.45) is 0 Å². The second-order valence-corrected chi connectivity index (χ2v) is 9.98. The molecule has 0 unspecified atom stereocenters. The summed E-state index contributed by atoms with van der Waals surface area (Å²) < 4.78 is 7.31. The first-order valence-corrected chi connectivity index (χ1v) is 12.8. The molecular weight excluding hydrogens is 504 g/mol. The number of thiocarbonyl (C=S) groups is 1. The van der Waals surface area contributed by atoms with Crippen molar-refractivity contribution >= 4 is 63.3 Å². The monoisotopic (exact) mass is 528 g/mol. The van der Waals surface area contributed by atoms with E-state index in [4.69, 9.17) is 33.5 Å². The van der Waals surface area contributed by atoms with Crippen molar-refractivity contribution in [2.75, 3.05) is 25.1 Å². The van der Waals surface area contributed by atoms with E-state index in [1.165, 1.54) is 9.30 Å². The van der Waals surface area contributed by atoms with Gasteiger partial charge in [0.05, 0.1) is 17.0 Å². The van der Waals surface area contributed by atoms with Gasteiger partial charge in [-0.1, -0.05) is 59.8 Å². The van der Waals surface area contributed by atoms with Crippen LogP contribution < -0.4 is 10.9 Å². The molecule has 182 valence electrons. The van der Waals surface area contributed by atoms with Gasteiger partial charge in [0.25, 0.3) is 11.5 Å². The van der Waals surface area contributed by atoms with Gasteiger partial charge in [-0.15, -0.1) is 0 Å². The van der Waals surface area contributed by atoms with Crippen molar-refractivity contribution in [1.82, 2.24) is 14.3 Å². The molecule has 1 aliphatic rings. The first-order valence-electron chi connectivity index (χ1n) is 11.2. The molecule has 1 fully saturated rings. The molecule has 35 heavy (non-hydrogen) atoms. The Labute approximate surface area is 218 Å². The summed E-state index contributed by atoms with van der Waals surface area (Å²) in [6.45, 7) is 5.94. The van der Waals surface area contributed by atoms with Crippen molar-refractivity contribution < 1.29 is 9.53 Å². The highest BCUT2D eigenvalue weighted by atomic mass is 35.5. The lowest BCUT2D eigenvalue weighted by Gasteiger charge is -2.15. The van der Waals surface area contributed by atoms with E-state index in [9.17, 15) is 9.59 Å². The van der Waals surface area contributed by atoms with Gasteiger partial charge in [0.2, 0.25) is 0 Å². The van der Waals surface area contributed by atoms with Crippen molar-refractivity contribution in [3.8, 4) is 0 Å². The maximum atomic E-state index is 13.5. The fourth-order valence-corrected chi connectivity index (χ4v) is 5.10. The number of rotatable bonds is 9. The zero-order valence-corrected chi connectivity index (χ0v) is 21.8. The number of halogens is 1. The first kappa shape index (κ1) is 25.4. The largest absolute Gasteiger partial charge is 0.382 e. The predicted molar refractivity (Wildman–Crippen MR) is 146 cm³/mol. The van der Waals surface area contributed by atoms with Crippen molar-refractivity contribution in [2.45, 2.75) is 26.8 Å². The molecule has 0 radical (unpaired) electrons. The number of anilines is 1. The zero-order valence-electron chi connectivity index (χ0n) is 19.4. The maximum absolute atomic E-state index is 13.5. The van der Waals surface area contributed by atoms with Crippen LogP contribution in [0.4, 0.5) is 5.82 Å². The van der Waals surface area contributed by atoms with Crippen LogP contribution in [0.3, 0.4) is 0 Å². The number of ether oxygens (including phenoxy) is 1. The molecule has 1 N–H and O–H groups in total. The van der Waals surface area contributed by atoms with Crippen LogP contribution in [0.2, 0.25) is 5.02 Å². The summed E-state index contributed by atoms with van der Waals surface area (Å²) in [5.41, 5.74) is 2.28. The number of fused-ring (bicyclic) bond motifs is 1. The van der Waals surface area contributed by atoms with Gasteiger partial charge in [0.15, 0.2) is 0 Å². The number of aryl methyl sites for hydroxylation is 1. The summed E-state index contributed by atoms with van der Waals surface area (Å²) in [5.74, 6) is 0.160. The van der Waals surface area contributed by atoms with E-state index in [0.29, 0.717) is 51.0 Å². The second kappa shape index (κ2) is 11.3. The van der Waals surface area contributed by atoms with Gasteiger partial charge in [0.1, 0.15) is 15.8 Å². The third kappa shape index (κ3) is 5.59. The second-order valence-electron chi connectivity index (χ2n) is 7.90. The summed E-state index contributed by atoms with van der Waals surface area (Å²) in [6.07, 6.45) is 4.01. The SMILES string of the molecule is CCOCCCNc1nc2c(C)cccn2c(=O)c1C=C1SC(=S)N(Cc2ccccc2Cl)C1=O. The van der Waals surface area contributed by atoms with E-state index >= 15 is 0 Å². The summed E-state index contributed by atoms with van der Waals surface area (Å²) in [6, 6.07) is 11.0. The van der Waals surface area contributed by atoms with Crippen LogP contribution in [-0.2, 0) is 16.1 Å². The molecule has 0 aliphatic carbocycles. The Balaban J connectivity index is 1.69. The Morgan fingerprint density at radius 2 is 2.03 bits per heavy atom. The van der Waals surface area contributed by atoms with Gasteiger partial charge in [-0.25, -0.2) is 4.98 Å². The number of thioether (sulfide) groups is 1. The van der Waals surface area contributed by atoms with Crippen molar-refractivity contribution in [3.05, 3.63) is 79.6 Å². The van der Waals surface area contributed by atoms with E-state index in [1.807, 2.05) is 38.1 Å². The molecule has 0 saturated carbocycles. The number of nitrogens with zero attached hydrogens (tertiary/aromatic N) is 3. The lowest BCUT2D eigenvalue weighted by molar-refractivity contribution is -0.122. The molecule has 1 amide bonds. The maximum Gasteiger partial charge on any atom is 0.267 e. The summed E-state index contributed by atoms with van der Waals surface area (Å²) in [7, 11) is 0. The molecule has 3 aromatic rings. The summed E-state index contributed by atoms with van der Waals surface area (Å²) in [5, 5.41) is 3.82. The quantitative estimate of drug-likeness (QED) is 0.240. The third-order valence-corrected chi connectivity index (χ3v) is 7.23. The van der Waals surface area contributed by atoms with Gasteiger partial charge in [-0.05, 0) is 49.6 Å². The number of carbonyl (C=O) groups excluding carboxylic acids is 1. The molecule has 1 aliphatic heterocycles. The molecule has 4 rings (SSSR count). The van der Waals surface area contributed by atoms with E-state index in [0.717, 1.165) is 29.3 Å². The number of hydrogen-bond acceptors (Lipinski definition) is 7. The topological polar surface area (TPSA) is 75.9 Å². The van der Waals surface area contributed by atoms with Crippen LogP contribution in [0, 0.1) is 6.92 Å². The molecular formula is C25H25ClN4O3S2. The molecule has 0 atom stereocenters. The number of amides is 1. The lowest BCUT2D eigenvalue weighted by atomic mass is 10.2. The van der Waals surface area contributed by atoms with E-state index in [2.05, 4.69) is 5.32 Å². The average Bonchev–Trinajstić information content (AvgIpc) is 3.10. The summed E-state index contributed by atoms with van der Waals surface area (Å²) >= 11 is 12.9. The smallest absolute Gasteiger partial charge is 0.267 e. The number of nitrogens with one attached hydrogen (secondary N) is 1. The van der Waals surface area contributed by atoms with Crippen LogP contribution in [-0.4, -0.2) is 44.3 Å². The normalized spacial score (nSPS) is 14.9. The van der Waals surface area contributed by atoms with Gasteiger partial charge < -0.3 is 10.1 Å². The van der Waals surface area contributed by atoms with Gasteiger partial charge in [0, 0.05) is 31.0 Å². The minimum atomic E-state index is -0.268. The Kier molecular flexibility index (Phi) is 8.22. The number of pyridine rings is 1. The highest BCUT2D eigenvalue weighted by molar-refractivity contribution is 8.26. The van der Waals surface area contributed by atoms with Crippen LogP contribution in [0.5, 0.6) is 0 Å². The molecule has 2 aromatic heterocycles. The fourth-order valence-electron chi connectivity index (χ4n) is 3.67. The van der Waals surface area contributed by atoms with E-state index in [-0.39, 0.29) is 18.0 Å². The number of carbonyl (C=O) groups is 1. The van der Waals surface area contributed by atoms with Gasteiger partial charge >= 0.3 is 0 Å². The van der Waals surface area contributed by atoms with Gasteiger partial charge in [-0.3, -0.25) is 18.9 Å². The Morgan fingerprint density at radius 3 is 2.80 bits per heavy atom. The van der Waals surface area contributed by atoms with E-state index < -0.39 is 0 Å². The highest BCUT2D eigenvalue weighted by Crippen LogP contribution is 2.34. The molecule has 0 spiro atoms. The Morgan fingerprint density at radius 1 is 1.23 bits per heavy atom. The third-order valence-electron chi connectivity index (χ3n) is 5.48. The van der Waals surface area contributed by atoms with Crippen molar-refractivity contribution in [3.63, 3.8) is 0 Å². The molecule has 10 heteroatoms. The van der Waals surface area contributed by atoms with Crippen LogP contribution in [0.1, 0.15) is 30.0 Å². The number of aromatic nitrogens is 2. The van der Waals surface area contributed by atoms with Crippen LogP contribution >= 0.6 is 35.6 Å². The molecule has 0 bridgehead atoms. The lowest BCUT2D eigenvalue weighted by Crippen LogP contribution is -2.27. The van der Waals surface area contributed by atoms with Crippen LogP contribution in [0.25, 0.3) is 11.7 Å². The molecule has 7 nitrogen and oxygen atoms in total. The first-order chi connectivity index (χ1) is 16.9. The van der Waals surface area contributed by atoms with Crippen molar-refractivity contribution in [1.29, 1.82) is 0 Å². The minimum absolute atomic E-state index is 0.262. The molecule has 3 heterocycles. The van der Waals surface area contributed by atoms with Gasteiger partial charge in [-0.2, -0.15) is 0 Å². The Bertz CT molecular complexity index is 1370. The predicted octanol–water partition coefficient (Wildman–Crippen LogP) is 4.90. The minimum Gasteiger partial charge on any atom is -0.382 e. The average molecular weight is 529 g/mol. The standard InChI is InChI=1S/C25H25ClN4O3S2/c1-3-33-13-7-11-27-21-18(23(31)29-12-6-8-16(2)22(29)28-21)14-20-24(32)30(25(34)35-20)15-17-9-4-5-10-19(17)26/h4-6,8-10,12,14,27H,3,7,11,13,15H2,1-2H3. The number of hydrogen-bond donors (Lipinski definition) is 1. The van der Waals surface area contributed by atoms with Crippen LogP contribution in [0.15, 0.2) is 52.3 Å². The highest BCUT2D eigenvalue weighted by Gasteiger charge is 2.33. The summed E-state index contributed by atoms with van der Waals surface area (Å²) in [4.78, 5) is 33.3. The fraction of sp³-hybridized carbons (Fsp3) is 0.280.